The predicted octanol–water partition coefficient (Wildman–Crippen LogP) is 7.31. The van der Waals surface area contributed by atoms with E-state index in [0.29, 0.717) is 16.2 Å². The van der Waals surface area contributed by atoms with Gasteiger partial charge in [-0.2, -0.15) is 0 Å². The summed E-state index contributed by atoms with van der Waals surface area (Å²) in [6.45, 7) is 0.390. The second-order valence-electron chi connectivity index (χ2n) is 10.1. The first-order valence-corrected chi connectivity index (χ1v) is 15.4. The van der Waals surface area contributed by atoms with E-state index in [1.165, 1.54) is 28.0 Å². The quantitative estimate of drug-likeness (QED) is 0.202. The van der Waals surface area contributed by atoms with Crippen LogP contribution in [0.5, 0.6) is 5.75 Å². The topological polar surface area (TPSA) is 43.6 Å². The lowest BCUT2D eigenvalue weighted by atomic mass is 9.83. The molecule has 0 saturated heterocycles. The predicted molar refractivity (Wildman–Crippen MR) is 169 cm³/mol. The van der Waals surface area contributed by atoms with E-state index in [9.17, 15) is 4.79 Å². The Bertz CT molecular complexity index is 1990. The van der Waals surface area contributed by atoms with Crippen LogP contribution in [-0.4, -0.2) is 4.57 Å². The summed E-state index contributed by atoms with van der Waals surface area (Å²) in [5.41, 5.74) is 7.60. The number of rotatable bonds is 5. The van der Waals surface area contributed by atoms with Crippen molar-refractivity contribution in [3.63, 3.8) is 0 Å². The van der Waals surface area contributed by atoms with E-state index in [1.807, 2.05) is 71.3 Å². The SMILES string of the molecule is O=c1/c(=C\c2ccc(OCc3ccccc3Cl)cc2)sc2n1[C@@H](c1ccc(Br)cc1)C1=C(N=2)c2ccccc2CC1. The van der Waals surface area contributed by atoms with Crippen LogP contribution in [0.4, 0.5) is 0 Å². The average molecular weight is 640 g/mol. The molecule has 7 rings (SSSR count). The zero-order valence-electron chi connectivity index (χ0n) is 21.9. The lowest BCUT2D eigenvalue weighted by molar-refractivity contribution is 0.306. The Kier molecular flexibility index (Phi) is 6.99. The van der Waals surface area contributed by atoms with Crippen LogP contribution in [0.15, 0.2) is 117 Å². The first kappa shape index (κ1) is 26.2. The number of nitrogens with zero attached hydrogens (tertiary/aromatic N) is 2. The van der Waals surface area contributed by atoms with Crippen molar-refractivity contribution >= 4 is 50.6 Å². The smallest absolute Gasteiger partial charge is 0.271 e. The summed E-state index contributed by atoms with van der Waals surface area (Å²) in [5, 5.41) is 0.686. The number of ether oxygens (including phenoxy) is 1. The summed E-state index contributed by atoms with van der Waals surface area (Å²) in [5.74, 6) is 0.741. The fraction of sp³-hybridized carbons (Fsp3) is 0.118. The summed E-state index contributed by atoms with van der Waals surface area (Å²) in [7, 11) is 0. The van der Waals surface area contributed by atoms with Gasteiger partial charge in [-0.1, -0.05) is 106 Å². The van der Waals surface area contributed by atoms with Crippen molar-refractivity contribution < 1.29 is 4.74 Å². The summed E-state index contributed by atoms with van der Waals surface area (Å²) in [6.07, 6.45) is 3.75. The fourth-order valence-corrected chi connectivity index (χ4v) is 7.01. The van der Waals surface area contributed by atoms with Crippen molar-refractivity contribution in [3.05, 3.63) is 160 Å². The van der Waals surface area contributed by atoms with Gasteiger partial charge in [0.05, 0.1) is 16.3 Å². The average Bonchev–Trinajstić information content (AvgIpc) is 3.31. The van der Waals surface area contributed by atoms with Crippen LogP contribution in [0.25, 0.3) is 11.8 Å². The van der Waals surface area contributed by atoms with Gasteiger partial charge in [0.15, 0.2) is 4.80 Å². The highest BCUT2D eigenvalue weighted by atomic mass is 79.9. The molecular formula is C34H24BrClN2O2S. The molecule has 202 valence electrons. The standard InChI is InChI=1S/C34H24BrClN2O2S/c35-25-14-11-23(12-15-25)32-28-18-13-22-5-1-3-7-27(22)31(28)37-34-38(32)33(39)30(41-34)19-21-9-16-26(17-10-21)40-20-24-6-2-4-8-29(24)36/h1-12,14-17,19,32H,13,18,20H2/b30-19+/t32-/m0/s1. The van der Waals surface area contributed by atoms with E-state index >= 15 is 0 Å². The Morgan fingerprint density at radius 2 is 1.71 bits per heavy atom. The van der Waals surface area contributed by atoms with Crippen LogP contribution in [0.2, 0.25) is 5.02 Å². The monoisotopic (exact) mass is 638 g/mol. The normalized spacial score (nSPS) is 16.0. The van der Waals surface area contributed by atoms with Crippen molar-refractivity contribution in [2.75, 3.05) is 0 Å². The number of benzene rings is 4. The molecule has 2 heterocycles. The molecule has 0 spiro atoms. The molecule has 0 saturated carbocycles. The lowest BCUT2D eigenvalue weighted by Gasteiger charge is -2.30. The van der Waals surface area contributed by atoms with Crippen molar-refractivity contribution in [2.24, 2.45) is 4.99 Å². The van der Waals surface area contributed by atoms with Gasteiger partial charge in [-0.05, 0) is 71.5 Å². The highest BCUT2D eigenvalue weighted by Gasteiger charge is 2.32. The molecule has 1 aliphatic heterocycles. The van der Waals surface area contributed by atoms with E-state index in [1.54, 1.807) is 0 Å². The molecule has 0 N–H and O–H groups in total. The molecule has 0 unspecified atom stereocenters. The van der Waals surface area contributed by atoms with Gasteiger partial charge in [-0.3, -0.25) is 9.36 Å². The lowest BCUT2D eigenvalue weighted by Crippen LogP contribution is -2.38. The van der Waals surface area contributed by atoms with Crippen LogP contribution in [-0.2, 0) is 13.0 Å². The molecule has 0 radical (unpaired) electrons. The van der Waals surface area contributed by atoms with Crippen molar-refractivity contribution in [3.8, 4) is 5.75 Å². The molecule has 7 heteroatoms. The second-order valence-corrected chi connectivity index (χ2v) is 12.4. The number of thiazole rings is 1. The van der Waals surface area contributed by atoms with Crippen LogP contribution < -0.4 is 19.6 Å². The van der Waals surface area contributed by atoms with Gasteiger partial charge in [0, 0.05) is 20.6 Å². The van der Waals surface area contributed by atoms with Gasteiger partial charge in [0.2, 0.25) is 0 Å². The first-order valence-electron chi connectivity index (χ1n) is 13.4. The minimum absolute atomic E-state index is 0.0221. The highest BCUT2D eigenvalue weighted by molar-refractivity contribution is 9.10. The Balaban J connectivity index is 1.27. The number of fused-ring (bicyclic) bond motifs is 3. The Morgan fingerprint density at radius 1 is 0.951 bits per heavy atom. The van der Waals surface area contributed by atoms with Crippen molar-refractivity contribution in [2.45, 2.75) is 25.5 Å². The van der Waals surface area contributed by atoms with Crippen LogP contribution in [0.1, 0.15) is 40.3 Å². The van der Waals surface area contributed by atoms with Crippen LogP contribution in [0.3, 0.4) is 0 Å². The minimum atomic E-state index is -0.189. The molecule has 0 bridgehead atoms. The van der Waals surface area contributed by atoms with Crippen molar-refractivity contribution in [1.82, 2.24) is 4.57 Å². The fourth-order valence-electron chi connectivity index (χ4n) is 5.56. The molecule has 0 fully saturated rings. The van der Waals surface area contributed by atoms with Gasteiger partial charge in [-0.15, -0.1) is 0 Å². The second kappa shape index (κ2) is 10.9. The summed E-state index contributed by atoms with van der Waals surface area (Å²) < 4.78 is 9.49. The van der Waals surface area contributed by atoms with Gasteiger partial charge in [0.25, 0.3) is 5.56 Å². The van der Waals surface area contributed by atoms with Gasteiger partial charge in [-0.25, -0.2) is 4.99 Å². The Hall–Kier alpha value is -3.71. The Labute approximate surface area is 254 Å². The molecule has 4 nitrogen and oxygen atoms in total. The molecule has 41 heavy (non-hydrogen) atoms. The molecular weight excluding hydrogens is 616 g/mol. The molecule has 2 aliphatic rings. The zero-order valence-corrected chi connectivity index (χ0v) is 25.0. The van der Waals surface area contributed by atoms with Gasteiger partial charge < -0.3 is 4.74 Å². The highest BCUT2D eigenvalue weighted by Crippen LogP contribution is 2.41. The largest absolute Gasteiger partial charge is 0.489 e. The third-order valence-electron chi connectivity index (χ3n) is 7.59. The molecule has 4 aromatic carbocycles. The number of hydrogen-bond acceptors (Lipinski definition) is 4. The minimum Gasteiger partial charge on any atom is -0.489 e. The van der Waals surface area contributed by atoms with Gasteiger partial charge >= 0.3 is 0 Å². The summed E-state index contributed by atoms with van der Waals surface area (Å²) in [4.78, 5) is 19.8. The van der Waals surface area contributed by atoms with Crippen LogP contribution in [0, 0.1) is 0 Å². The summed E-state index contributed by atoms with van der Waals surface area (Å²) in [6, 6.07) is 32.0. The maximum Gasteiger partial charge on any atom is 0.271 e. The number of hydrogen-bond donors (Lipinski definition) is 0. The van der Waals surface area contributed by atoms with Crippen molar-refractivity contribution in [1.29, 1.82) is 0 Å². The maximum absolute atomic E-state index is 14.0. The number of allylic oxidation sites excluding steroid dienone is 1. The van der Waals surface area contributed by atoms with E-state index in [0.717, 1.165) is 50.3 Å². The molecule has 1 aromatic heterocycles. The Morgan fingerprint density at radius 3 is 2.51 bits per heavy atom. The third-order valence-corrected chi connectivity index (χ3v) is 9.47. The van der Waals surface area contributed by atoms with E-state index < -0.39 is 0 Å². The molecule has 0 amide bonds. The number of aryl methyl sites for hydroxylation is 1. The number of halogens is 2. The number of aromatic nitrogens is 1. The summed E-state index contributed by atoms with van der Waals surface area (Å²) >= 11 is 11.3. The zero-order chi connectivity index (χ0) is 27.9. The van der Waals surface area contributed by atoms with Crippen LogP contribution >= 0.6 is 38.9 Å². The molecule has 1 aliphatic carbocycles. The third kappa shape index (κ3) is 5.01. The maximum atomic E-state index is 14.0. The molecule has 1 atom stereocenters. The van der Waals surface area contributed by atoms with Gasteiger partial charge in [0.1, 0.15) is 12.4 Å². The first-order chi connectivity index (χ1) is 20.0. The van der Waals surface area contributed by atoms with E-state index in [-0.39, 0.29) is 11.6 Å². The van der Waals surface area contributed by atoms with E-state index in [4.69, 9.17) is 21.3 Å². The van der Waals surface area contributed by atoms with E-state index in [2.05, 4.69) is 52.3 Å². The molecule has 5 aromatic rings.